The average molecular weight is 225 g/mol. The number of rotatable bonds is 5. The Morgan fingerprint density at radius 1 is 1.56 bits per heavy atom. The minimum Gasteiger partial charge on any atom is -0.497 e. The molecule has 1 rings (SSSR count). The summed E-state index contributed by atoms with van der Waals surface area (Å²) in [6, 6.07) is 5.13. The van der Waals surface area contributed by atoms with Crippen molar-refractivity contribution in [3.8, 4) is 11.5 Å². The molecule has 0 fully saturated rings. The predicted molar refractivity (Wildman–Crippen MR) is 58.6 cm³/mol. The molecule has 0 saturated heterocycles. The molecular formula is C11H15NO4. The van der Waals surface area contributed by atoms with Gasteiger partial charge < -0.3 is 20.3 Å². The van der Waals surface area contributed by atoms with E-state index in [0.717, 1.165) is 5.56 Å². The van der Waals surface area contributed by atoms with Gasteiger partial charge in [0.2, 0.25) is 0 Å². The number of hydrogen-bond acceptors (Lipinski definition) is 4. The van der Waals surface area contributed by atoms with E-state index in [1.807, 2.05) is 0 Å². The number of carbonyl (C=O) groups is 1. The largest absolute Gasteiger partial charge is 0.497 e. The normalized spacial score (nSPS) is 11.9. The zero-order valence-electron chi connectivity index (χ0n) is 9.27. The van der Waals surface area contributed by atoms with Gasteiger partial charge in [0.05, 0.1) is 7.11 Å². The topological polar surface area (TPSA) is 81.8 Å². The fraction of sp³-hybridized carbons (Fsp3) is 0.364. The number of benzene rings is 1. The fourth-order valence-electron chi connectivity index (χ4n) is 1.18. The third kappa shape index (κ3) is 2.87. The third-order valence-electron chi connectivity index (χ3n) is 2.15. The molecule has 0 aliphatic carbocycles. The van der Waals surface area contributed by atoms with Gasteiger partial charge in [0, 0.05) is 18.2 Å². The lowest BCUT2D eigenvalue weighted by Gasteiger charge is -2.14. The molecule has 16 heavy (non-hydrogen) atoms. The Bertz CT molecular complexity index is 378. The maximum absolute atomic E-state index is 10.7. The molecule has 1 unspecified atom stereocenters. The van der Waals surface area contributed by atoms with Crippen molar-refractivity contribution in [1.82, 2.24) is 0 Å². The van der Waals surface area contributed by atoms with E-state index in [9.17, 15) is 4.79 Å². The second-order valence-electron chi connectivity index (χ2n) is 3.28. The molecule has 5 nitrogen and oxygen atoms in total. The van der Waals surface area contributed by atoms with E-state index in [1.54, 1.807) is 18.2 Å². The maximum atomic E-state index is 10.7. The van der Waals surface area contributed by atoms with Crippen molar-refractivity contribution in [3.63, 3.8) is 0 Å². The Hall–Kier alpha value is -1.75. The lowest BCUT2D eigenvalue weighted by molar-refractivity contribution is -0.144. The molecule has 1 aromatic rings. The molecule has 0 amide bonds. The summed E-state index contributed by atoms with van der Waals surface area (Å²) in [6.45, 7) is 1.74. The van der Waals surface area contributed by atoms with Gasteiger partial charge >= 0.3 is 5.97 Å². The minimum absolute atomic E-state index is 0.283. The first kappa shape index (κ1) is 12.3. The van der Waals surface area contributed by atoms with Crippen molar-refractivity contribution < 1.29 is 19.4 Å². The summed E-state index contributed by atoms with van der Waals surface area (Å²) in [6.07, 6.45) is -0.919. The Morgan fingerprint density at radius 2 is 2.25 bits per heavy atom. The fourth-order valence-corrected chi connectivity index (χ4v) is 1.18. The monoisotopic (exact) mass is 225 g/mol. The minimum atomic E-state index is -1.02. The molecule has 5 heteroatoms. The Kier molecular flexibility index (Phi) is 4.13. The van der Waals surface area contributed by atoms with Crippen LogP contribution >= 0.6 is 0 Å². The number of hydrogen-bond donors (Lipinski definition) is 2. The molecule has 0 aromatic heterocycles. The van der Waals surface area contributed by atoms with Gasteiger partial charge in [-0.1, -0.05) is 6.07 Å². The van der Waals surface area contributed by atoms with E-state index in [1.165, 1.54) is 14.0 Å². The smallest absolute Gasteiger partial charge is 0.344 e. The van der Waals surface area contributed by atoms with E-state index in [-0.39, 0.29) is 6.54 Å². The number of carboxylic acid groups (broad SMARTS) is 1. The predicted octanol–water partition coefficient (Wildman–Crippen LogP) is 1.01. The zero-order chi connectivity index (χ0) is 12.1. The zero-order valence-corrected chi connectivity index (χ0v) is 9.27. The van der Waals surface area contributed by atoms with Crippen LogP contribution in [0.5, 0.6) is 11.5 Å². The Morgan fingerprint density at radius 3 is 2.75 bits per heavy atom. The van der Waals surface area contributed by atoms with Crippen LogP contribution in [0.4, 0.5) is 0 Å². The number of ether oxygens (including phenoxy) is 2. The van der Waals surface area contributed by atoms with Gasteiger partial charge in [0.15, 0.2) is 6.10 Å². The molecule has 88 valence electrons. The van der Waals surface area contributed by atoms with Gasteiger partial charge in [-0.2, -0.15) is 0 Å². The quantitative estimate of drug-likeness (QED) is 0.781. The van der Waals surface area contributed by atoms with Crippen molar-refractivity contribution in [2.24, 2.45) is 5.73 Å². The standard InChI is InChI=1S/C11H15NO4/c1-7(11(13)14)16-10-5-9(15-2)4-3-8(10)6-12/h3-5,7H,6,12H2,1-2H3,(H,13,14). The molecule has 0 radical (unpaired) electrons. The highest BCUT2D eigenvalue weighted by molar-refractivity contribution is 5.72. The molecule has 0 saturated carbocycles. The van der Waals surface area contributed by atoms with Crippen molar-refractivity contribution in [1.29, 1.82) is 0 Å². The maximum Gasteiger partial charge on any atom is 0.344 e. The van der Waals surface area contributed by atoms with Crippen LogP contribution in [0.3, 0.4) is 0 Å². The van der Waals surface area contributed by atoms with Crippen LogP contribution in [0.25, 0.3) is 0 Å². The highest BCUT2D eigenvalue weighted by atomic mass is 16.5. The first-order valence-corrected chi connectivity index (χ1v) is 4.85. The van der Waals surface area contributed by atoms with E-state index in [2.05, 4.69) is 0 Å². The molecule has 0 heterocycles. The van der Waals surface area contributed by atoms with E-state index >= 15 is 0 Å². The second kappa shape index (κ2) is 5.37. The molecule has 1 aromatic carbocycles. The number of aliphatic carboxylic acids is 1. The van der Waals surface area contributed by atoms with E-state index in [4.69, 9.17) is 20.3 Å². The molecule has 0 spiro atoms. The molecule has 1 atom stereocenters. The first-order chi connectivity index (χ1) is 7.58. The van der Waals surface area contributed by atoms with Gasteiger partial charge in [-0.15, -0.1) is 0 Å². The Labute approximate surface area is 93.8 Å². The van der Waals surface area contributed by atoms with Gasteiger partial charge in [-0.05, 0) is 13.0 Å². The van der Waals surface area contributed by atoms with Gasteiger partial charge in [0.1, 0.15) is 11.5 Å². The van der Waals surface area contributed by atoms with Crippen molar-refractivity contribution >= 4 is 5.97 Å². The first-order valence-electron chi connectivity index (χ1n) is 4.85. The van der Waals surface area contributed by atoms with Crippen molar-refractivity contribution in [2.75, 3.05) is 7.11 Å². The van der Waals surface area contributed by atoms with Crippen LogP contribution in [0.2, 0.25) is 0 Å². The van der Waals surface area contributed by atoms with E-state index < -0.39 is 12.1 Å². The highest BCUT2D eigenvalue weighted by Crippen LogP contribution is 2.25. The Balaban J connectivity index is 2.95. The van der Waals surface area contributed by atoms with Crippen molar-refractivity contribution in [2.45, 2.75) is 19.6 Å². The third-order valence-corrected chi connectivity index (χ3v) is 2.15. The second-order valence-corrected chi connectivity index (χ2v) is 3.28. The van der Waals surface area contributed by atoms with Crippen LogP contribution in [0, 0.1) is 0 Å². The van der Waals surface area contributed by atoms with Crippen LogP contribution < -0.4 is 15.2 Å². The number of carboxylic acids is 1. The SMILES string of the molecule is COc1ccc(CN)c(OC(C)C(=O)O)c1. The van der Waals surface area contributed by atoms with Crippen LogP contribution in [0.1, 0.15) is 12.5 Å². The summed E-state index contributed by atoms with van der Waals surface area (Å²) in [5.74, 6) is 0.0207. The highest BCUT2D eigenvalue weighted by Gasteiger charge is 2.14. The van der Waals surface area contributed by atoms with Crippen molar-refractivity contribution in [3.05, 3.63) is 23.8 Å². The van der Waals surface area contributed by atoms with Gasteiger partial charge in [-0.25, -0.2) is 4.79 Å². The number of methoxy groups -OCH3 is 1. The lowest BCUT2D eigenvalue weighted by Crippen LogP contribution is -2.23. The summed E-state index contributed by atoms with van der Waals surface area (Å²) in [5.41, 5.74) is 6.27. The van der Waals surface area contributed by atoms with E-state index in [0.29, 0.717) is 11.5 Å². The van der Waals surface area contributed by atoms with Gasteiger partial charge in [0.25, 0.3) is 0 Å². The molecule has 0 aliphatic rings. The molecule has 0 bridgehead atoms. The molecule has 3 N–H and O–H groups in total. The number of nitrogens with two attached hydrogens (primary N) is 1. The summed E-state index contributed by atoms with van der Waals surface area (Å²) in [5, 5.41) is 8.75. The lowest BCUT2D eigenvalue weighted by atomic mass is 10.2. The average Bonchev–Trinajstić information content (AvgIpc) is 2.28. The molecule has 0 aliphatic heterocycles. The van der Waals surface area contributed by atoms with Crippen LogP contribution in [-0.2, 0) is 11.3 Å². The van der Waals surface area contributed by atoms with Gasteiger partial charge in [-0.3, -0.25) is 0 Å². The molecular weight excluding hydrogens is 210 g/mol. The summed E-state index contributed by atoms with van der Waals surface area (Å²) in [7, 11) is 1.53. The van der Waals surface area contributed by atoms with Crippen LogP contribution in [0.15, 0.2) is 18.2 Å². The summed E-state index contributed by atoms with van der Waals surface area (Å²) < 4.78 is 10.3. The summed E-state index contributed by atoms with van der Waals surface area (Å²) in [4.78, 5) is 10.7. The summed E-state index contributed by atoms with van der Waals surface area (Å²) >= 11 is 0. The van der Waals surface area contributed by atoms with Crippen LogP contribution in [-0.4, -0.2) is 24.3 Å².